The number of rotatable bonds is 2. The first-order chi connectivity index (χ1) is 6.29. The number of nitrogens with zero attached hydrogens (tertiary/aromatic N) is 4. The molecule has 2 aromatic heterocycles. The summed E-state index contributed by atoms with van der Waals surface area (Å²) in [6.07, 6.45) is 1.23. The predicted molar refractivity (Wildman–Crippen MR) is 38.2 cm³/mol. The zero-order chi connectivity index (χ0) is 9.26. The zero-order valence-electron chi connectivity index (χ0n) is 6.26. The Morgan fingerprint density at radius 3 is 3.08 bits per heavy atom. The molecule has 0 aliphatic heterocycles. The number of nitrogens with one attached hydrogen (secondary N) is 1. The first-order valence-electron chi connectivity index (χ1n) is 3.27. The number of tetrazole rings is 1. The van der Waals surface area contributed by atoms with Crippen LogP contribution < -0.4 is 5.73 Å². The summed E-state index contributed by atoms with van der Waals surface area (Å²) in [5.41, 5.74) is 5.33. The largest absolute Gasteiger partial charge is 0.364 e. The first-order valence-corrected chi connectivity index (χ1v) is 3.27. The van der Waals surface area contributed by atoms with Crippen molar-refractivity contribution in [3.05, 3.63) is 12.0 Å². The maximum absolute atomic E-state index is 10.8. The van der Waals surface area contributed by atoms with E-state index in [0.717, 1.165) is 0 Å². The number of aromatic amines is 1. The van der Waals surface area contributed by atoms with E-state index in [-0.39, 0.29) is 11.5 Å². The summed E-state index contributed by atoms with van der Waals surface area (Å²) in [7, 11) is 0. The Labute approximate surface area is 71.1 Å². The van der Waals surface area contributed by atoms with E-state index in [1.54, 1.807) is 0 Å². The van der Waals surface area contributed by atoms with Crippen LogP contribution in [-0.4, -0.2) is 31.7 Å². The van der Waals surface area contributed by atoms with Crippen LogP contribution in [-0.2, 0) is 0 Å². The molecule has 8 heteroatoms. The van der Waals surface area contributed by atoms with Gasteiger partial charge in [-0.15, -0.1) is 10.2 Å². The van der Waals surface area contributed by atoms with E-state index in [9.17, 15) is 4.79 Å². The third-order valence-corrected chi connectivity index (χ3v) is 1.39. The molecular formula is C5H4N6O2. The molecule has 0 aliphatic rings. The van der Waals surface area contributed by atoms with Crippen molar-refractivity contribution in [2.45, 2.75) is 0 Å². The molecule has 0 spiro atoms. The lowest BCUT2D eigenvalue weighted by molar-refractivity contribution is 0.0992. The van der Waals surface area contributed by atoms with Crippen LogP contribution in [0.2, 0.25) is 0 Å². The maximum Gasteiger partial charge on any atom is 0.271 e. The van der Waals surface area contributed by atoms with E-state index in [4.69, 9.17) is 5.73 Å². The van der Waals surface area contributed by atoms with Gasteiger partial charge in [0.15, 0.2) is 5.69 Å². The average Bonchev–Trinajstić information content (AvgIpc) is 2.74. The summed E-state index contributed by atoms with van der Waals surface area (Å²) in [5.74, 6) is -0.483. The highest BCUT2D eigenvalue weighted by Crippen LogP contribution is 2.16. The fraction of sp³-hybridized carbons (Fsp3) is 0. The van der Waals surface area contributed by atoms with Crippen molar-refractivity contribution in [1.82, 2.24) is 25.8 Å². The van der Waals surface area contributed by atoms with E-state index in [0.29, 0.717) is 5.56 Å². The van der Waals surface area contributed by atoms with E-state index < -0.39 is 5.91 Å². The molecule has 2 heterocycles. The number of carbonyl (C=O) groups excluding carboxylic acids is 1. The molecule has 0 bridgehead atoms. The highest BCUT2D eigenvalue weighted by atomic mass is 16.5. The Morgan fingerprint density at radius 1 is 1.62 bits per heavy atom. The number of amides is 1. The lowest BCUT2D eigenvalue weighted by atomic mass is 10.2. The van der Waals surface area contributed by atoms with Crippen LogP contribution in [0.15, 0.2) is 10.8 Å². The van der Waals surface area contributed by atoms with E-state index in [2.05, 4.69) is 30.3 Å². The fourth-order valence-corrected chi connectivity index (χ4v) is 0.849. The molecular weight excluding hydrogens is 176 g/mol. The molecule has 0 unspecified atom stereocenters. The molecule has 8 nitrogen and oxygen atoms in total. The van der Waals surface area contributed by atoms with Gasteiger partial charge in [0.25, 0.3) is 5.91 Å². The van der Waals surface area contributed by atoms with Gasteiger partial charge >= 0.3 is 0 Å². The molecule has 0 saturated heterocycles. The molecule has 0 aromatic carbocycles. The van der Waals surface area contributed by atoms with Gasteiger partial charge in [-0.1, -0.05) is 5.16 Å². The Balaban J connectivity index is 2.52. The summed E-state index contributed by atoms with van der Waals surface area (Å²) in [5, 5.41) is 16.2. The number of hydrogen-bond donors (Lipinski definition) is 2. The number of H-pyrrole nitrogens is 1. The average molecular weight is 180 g/mol. The topological polar surface area (TPSA) is 124 Å². The second-order valence-corrected chi connectivity index (χ2v) is 2.18. The minimum absolute atomic E-state index is 0.0126. The van der Waals surface area contributed by atoms with Crippen molar-refractivity contribution < 1.29 is 9.32 Å². The van der Waals surface area contributed by atoms with E-state index >= 15 is 0 Å². The van der Waals surface area contributed by atoms with Gasteiger partial charge in [-0.25, -0.2) is 0 Å². The van der Waals surface area contributed by atoms with Crippen LogP contribution in [0.3, 0.4) is 0 Å². The van der Waals surface area contributed by atoms with Gasteiger partial charge in [-0.05, 0) is 5.21 Å². The van der Waals surface area contributed by atoms with Crippen LogP contribution in [0, 0.1) is 0 Å². The van der Waals surface area contributed by atoms with Crippen LogP contribution in [0.4, 0.5) is 0 Å². The van der Waals surface area contributed by atoms with Crippen LogP contribution >= 0.6 is 0 Å². The van der Waals surface area contributed by atoms with E-state index in [1.165, 1.54) is 6.26 Å². The Hall–Kier alpha value is -2.25. The lowest BCUT2D eigenvalue weighted by Crippen LogP contribution is -2.12. The maximum atomic E-state index is 10.8. The van der Waals surface area contributed by atoms with Crippen molar-refractivity contribution in [1.29, 1.82) is 0 Å². The summed E-state index contributed by atoms with van der Waals surface area (Å²) >= 11 is 0. The number of hydrogen-bond acceptors (Lipinski definition) is 6. The third kappa shape index (κ3) is 1.13. The Bertz CT molecular complexity index is 418. The van der Waals surface area contributed by atoms with Crippen molar-refractivity contribution in [2.75, 3.05) is 0 Å². The molecule has 0 saturated carbocycles. The number of carbonyl (C=O) groups is 1. The van der Waals surface area contributed by atoms with Crippen molar-refractivity contribution in [2.24, 2.45) is 5.73 Å². The molecule has 3 N–H and O–H groups in total. The SMILES string of the molecule is NC(=O)c1nocc1-c1nn[nH]n1. The van der Waals surface area contributed by atoms with Gasteiger partial charge in [0.1, 0.15) is 6.26 Å². The van der Waals surface area contributed by atoms with Gasteiger partial charge in [0.2, 0.25) is 5.82 Å². The Kier molecular flexibility index (Phi) is 1.51. The van der Waals surface area contributed by atoms with Gasteiger partial charge < -0.3 is 10.3 Å². The fourth-order valence-electron chi connectivity index (χ4n) is 0.849. The molecule has 2 rings (SSSR count). The number of primary amides is 1. The van der Waals surface area contributed by atoms with Crippen LogP contribution in [0.1, 0.15) is 10.5 Å². The normalized spacial score (nSPS) is 10.2. The summed E-state index contributed by atoms with van der Waals surface area (Å²) in [4.78, 5) is 10.8. The molecule has 13 heavy (non-hydrogen) atoms. The van der Waals surface area contributed by atoms with Gasteiger partial charge in [-0.3, -0.25) is 4.79 Å². The van der Waals surface area contributed by atoms with Gasteiger partial charge in [0.05, 0.1) is 5.56 Å². The molecule has 0 atom stereocenters. The highest BCUT2D eigenvalue weighted by molar-refractivity contribution is 5.96. The minimum atomic E-state index is -0.700. The predicted octanol–water partition coefficient (Wildman–Crippen LogP) is -1.05. The molecule has 66 valence electrons. The molecule has 0 fully saturated rings. The van der Waals surface area contributed by atoms with E-state index in [1.807, 2.05) is 0 Å². The molecule has 0 radical (unpaired) electrons. The van der Waals surface area contributed by atoms with Crippen LogP contribution in [0.25, 0.3) is 11.4 Å². The molecule has 1 amide bonds. The Morgan fingerprint density at radius 2 is 2.46 bits per heavy atom. The van der Waals surface area contributed by atoms with Crippen molar-refractivity contribution in [3.8, 4) is 11.4 Å². The second kappa shape index (κ2) is 2.66. The highest BCUT2D eigenvalue weighted by Gasteiger charge is 2.17. The third-order valence-electron chi connectivity index (χ3n) is 1.39. The van der Waals surface area contributed by atoms with Crippen molar-refractivity contribution >= 4 is 5.91 Å². The zero-order valence-corrected chi connectivity index (χ0v) is 6.26. The van der Waals surface area contributed by atoms with Gasteiger partial charge in [-0.2, -0.15) is 5.21 Å². The lowest BCUT2D eigenvalue weighted by Gasteiger charge is -1.87. The minimum Gasteiger partial charge on any atom is -0.364 e. The van der Waals surface area contributed by atoms with Crippen molar-refractivity contribution in [3.63, 3.8) is 0 Å². The summed E-state index contributed by atoms with van der Waals surface area (Å²) in [6.45, 7) is 0. The standard InChI is InChI=1S/C5H4N6O2/c6-4(12)3-2(1-13-9-3)5-7-10-11-8-5/h1H,(H2,6,12)(H,7,8,10,11). The summed E-state index contributed by atoms with van der Waals surface area (Å²) in [6, 6.07) is 0. The summed E-state index contributed by atoms with van der Waals surface area (Å²) < 4.78 is 4.56. The quantitative estimate of drug-likeness (QED) is 0.607. The number of aromatic nitrogens is 5. The monoisotopic (exact) mass is 180 g/mol. The second-order valence-electron chi connectivity index (χ2n) is 2.18. The smallest absolute Gasteiger partial charge is 0.271 e. The molecule has 2 aromatic rings. The van der Waals surface area contributed by atoms with Crippen LogP contribution in [0.5, 0.6) is 0 Å². The first kappa shape index (κ1) is 7.40. The molecule has 0 aliphatic carbocycles. The number of nitrogens with two attached hydrogens (primary N) is 1. The van der Waals surface area contributed by atoms with Gasteiger partial charge in [0, 0.05) is 0 Å².